The predicted molar refractivity (Wildman–Crippen MR) is 152 cm³/mol. The maximum Gasteiger partial charge on any atom is 0.340 e. The number of ether oxygens (including phenoxy) is 3. The molecule has 4 N–H and O–H groups in total. The molecule has 224 valence electrons. The number of benzene rings is 1. The third-order valence-corrected chi connectivity index (χ3v) is 7.65. The molecule has 2 heterocycles. The number of hydrogen-bond acceptors (Lipinski definition) is 7. The van der Waals surface area contributed by atoms with E-state index in [0.717, 1.165) is 49.4 Å². The van der Waals surface area contributed by atoms with E-state index in [9.17, 15) is 19.8 Å². The molecule has 0 radical (unpaired) electrons. The highest BCUT2D eigenvalue weighted by Gasteiger charge is 2.38. The Kier molecular flexibility index (Phi) is 13.4. The largest absolute Gasteiger partial charge is 0.481 e. The van der Waals surface area contributed by atoms with Crippen LogP contribution in [0.5, 0.6) is 0 Å². The number of aliphatic carboxylic acids is 1. The number of carbonyl (C=O) groups excluding carboxylic acids is 1. The third kappa shape index (κ3) is 10.5. The number of unbranched alkanes of at least 4 members (excludes halogenated alkanes) is 8. The molecular weight excluding hydrogens is 514 g/mol. The van der Waals surface area contributed by atoms with Gasteiger partial charge in [0.05, 0.1) is 30.3 Å². The van der Waals surface area contributed by atoms with Crippen molar-refractivity contribution in [1.82, 2.24) is 4.98 Å². The van der Waals surface area contributed by atoms with E-state index in [0.29, 0.717) is 12.0 Å². The first-order chi connectivity index (χ1) is 19.2. The molecule has 1 saturated heterocycles. The second-order valence-corrected chi connectivity index (χ2v) is 11.2. The van der Waals surface area contributed by atoms with Crippen LogP contribution in [0.2, 0.25) is 0 Å². The lowest BCUT2D eigenvalue weighted by molar-refractivity contribution is -0.273. The summed E-state index contributed by atoms with van der Waals surface area (Å²) >= 11 is 0. The van der Waals surface area contributed by atoms with Gasteiger partial charge in [-0.2, -0.15) is 0 Å². The molecule has 6 atom stereocenters. The van der Waals surface area contributed by atoms with Crippen molar-refractivity contribution in [3.63, 3.8) is 0 Å². The summed E-state index contributed by atoms with van der Waals surface area (Å²) in [6.07, 6.45) is 9.78. The number of aromatic amines is 1. The van der Waals surface area contributed by atoms with Crippen LogP contribution in [0, 0.1) is 0 Å². The van der Waals surface area contributed by atoms with Crippen LogP contribution in [-0.4, -0.2) is 69.1 Å². The Labute approximate surface area is 237 Å². The van der Waals surface area contributed by atoms with Crippen molar-refractivity contribution in [1.29, 1.82) is 0 Å². The van der Waals surface area contributed by atoms with Crippen molar-refractivity contribution in [2.24, 2.45) is 0 Å². The van der Waals surface area contributed by atoms with Crippen molar-refractivity contribution < 1.29 is 39.1 Å². The summed E-state index contributed by atoms with van der Waals surface area (Å²) in [6.45, 7) is 3.83. The predicted octanol–water partition coefficient (Wildman–Crippen LogP) is 5.72. The van der Waals surface area contributed by atoms with Crippen LogP contribution in [0.1, 0.15) is 108 Å². The number of hydrogen-bond donors (Lipinski definition) is 4. The van der Waals surface area contributed by atoms with E-state index >= 15 is 0 Å². The van der Waals surface area contributed by atoms with Gasteiger partial charge in [-0.05, 0) is 32.8 Å². The van der Waals surface area contributed by atoms with Gasteiger partial charge < -0.3 is 34.5 Å². The summed E-state index contributed by atoms with van der Waals surface area (Å²) in [6, 6.07) is 7.55. The van der Waals surface area contributed by atoms with Crippen molar-refractivity contribution in [3.05, 3.63) is 36.0 Å². The van der Waals surface area contributed by atoms with Gasteiger partial charge in [0.2, 0.25) is 0 Å². The van der Waals surface area contributed by atoms with E-state index in [1.165, 1.54) is 25.7 Å². The minimum Gasteiger partial charge on any atom is -0.481 e. The minimum absolute atomic E-state index is 0.0475. The number of rotatable bonds is 18. The number of fused-ring (bicyclic) bond motifs is 1. The van der Waals surface area contributed by atoms with E-state index in [1.54, 1.807) is 6.20 Å². The Morgan fingerprint density at radius 3 is 2.33 bits per heavy atom. The Morgan fingerprint density at radius 2 is 1.65 bits per heavy atom. The first-order valence-corrected chi connectivity index (χ1v) is 14.9. The standard InChI is InChI=1S/C31H47NO8/c1-21(14-10-8-6-4-3-5-7-9-11-15-23(33)18-29(35)36)38-31-27(34)19-28(22(2)39-31)40-30(37)25-20-32-26-17-13-12-16-24(25)26/h12-13,16-17,20-23,27-28,31-34H,3-11,14-15,18-19H2,1-2H3,(H,35,36)/t21-,22+,23-,27-,28-,31-/m1/s1. The van der Waals surface area contributed by atoms with E-state index in [-0.39, 0.29) is 18.9 Å². The van der Waals surface area contributed by atoms with Crippen molar-refractivity contribution in [2.45, 2.75) is 134 Å². The number of carboxylic acids is 1. The molecule has 3 rings (SSSR count). The van der Waals surface area contributed by atoms with Crippen LogP contribution in [0.4, 0.5) is 0 Å². The molecule has 1 aromatic carbocycles. The molecule has 0 amide bonds. The first kappa shape index (κ1) is 32.1. The van der Waals surface area contributed by atoms with Crippen molar-refractivity contribution in [3.8, 4) is 0 Å². The average molecular weight is 562 g/mol. The first-order valence-electron chi connectivity index (χ1n) is 14.9. The Morgan fingerprint density at radius 1 is 1.02 bits per heavy atom. The maximum atomic E-state index is 12.8. The summed E-state index contributed by atoms with van der Waals surface area (Å²) in [4.78, 5) is 26.4. The molecule has 9 heteroatoms. The summed E-state index contributed by atoms with van der Waals surface area (Å²) in [7, 11) is 0. The lowest BCUT2D eigenvalue weighted by Gasteiger charge is -2.38. The van der Waals surface area contributed by atoms with Gasteiger partial charge in [-0.3, -0.25) is 4.79 Å². The summed E-state index contributed by atoms with van der Waals surface area (Å²) < 4.78 is 17.6. The van der Waals surface area contributed by atoms with E-state index in [1.807, 2.05) is 38.1 Å². The normalized spacial score (nSPS) is 22.7. The molecule has 1 aliphatic heterocycles. The number of para-hydroxylation sites is 1. The highest BCUT2D eigenvalue weighted by atomic mass is 16.7. The molecule has 0 saturated carbocycles. The van der Waals surface area contributed by atoms with Gasteiger partial charge in [-0.1, -0.05) is 76.0 Å². The molecule has 0 aliphatic carbocycles. The van der Waals surface area contributed by atoms with Crippen LogP contribution < -0.4 is 0 Å². The Hall–Kier alpha value is -2.46. The molecule has 40 heavy (non-hydrogen) atoms. The van der Waals surface area contributed by atoms with Gasteiger partial charge in [-0.25, -0.2) is 4.79 Å². The summed E-state index contributed by atoms with van der Waals surface area (Å²) in [5.74, 6) is -1.38. The van der Waals surface area contributed by atoms with Crippen LogP contribution >= 0.6 is 0 Å². The zero-order chi connectivity index (χ0) is 28.9. The average Bonchev–Trinajstić information content (AvgIpc) is 3.34. The fourth-order valence-electron chi connectivity index (χ4n) is 5.29. The number of aliphatic hydroxyl groups is 2. The Bertz CT molecular complexity index is 1040. The molecule has 9 nitrogen and oxygen atoms in total. The lowest BCUT2D eigenvalue weighted by atomic mass is 10.0. The SMILES string of the molecule is C[C@H](CCCCCCCCCCC[C@@H](O)CC(=O)O)O[C@@H]1O[C@@H](C)[C@H](OC(=O)c2c[nH]c3ccccc23)C[C@H]1O. The number of nitrogens with one attached hydrogen (secondary N) is 1. The minimum atomic E-state index is -0.946. The molecule has 0 spiro atoms. The van der Waals surface area contributed by atoms with E-state index in [2.05, 4.69) is 4.98 Å². The zero-order valence-corrected chi connectivity index (χ0v) is 23.9. The quantitative estimate of drug-likeness (QED) is 0.134. The van der Waals surface area contributed by atoms with Gasteiger partial charge >= 0.3 is 11.9 Å². The molecule has 1 fully saturated rings. The summed E-state index contributed by atoms with van der Waals surface area (Å²) in [5, 5.41) is 29.7. The lowest BCUT2D eigenvalue weighted by Crippen LogP contribution is -2.49. The smallest absolute Gasteiger partial charge is 0.340 e. The van der Waals surface area contributed by atoms with Gasteiger partial charge in [-0.15, -0.1) is 0 Å². The number of esters is 1. The number of H-pyrrole nitrogens is 1. The van der Waals surface area contributed by atoms with E-state index < -0.39 is 42.6 Å². The molecular formula is C31H47NO8. The van der Waals surface area contributed by atoms with Crippen molar-refractivity contribution in [2.75, 3.05) is 0 Å². The number of carboxylic acid groups (broad SMARTS) is 1. The topological polar surface area (TPSA) is 138 Å². The van der Waals surface area contributed by atoms with Crippen LogP contribution in [0.25, 0.3) is 10.9 Å². The molecule has 0 bridgehead atoms. The zero-order valence-electron chi connectivity index (χ0n) is 23.9. The highest BCUT2D eigenvalue weighted by molar-refractivity contribution is 6.04. The van der Waals surface area contributed by atoms with Crippen LogP contribution in [0.3, 0.4) is 0 Å². The highest BCUT2D eigenvalue weighted by Crippen LogP contribution is 2.27. The fourth-order valence-corrected chi connectivity index (χ4v) is 5.29. The maximum absolute atomic E-state index is 12.8. The van der Waals surface area contributed by atoms with Crippen LogP contribution in [0.15, 0.2) is 30.5 Å². The molecule has 1 aromatic heterocycles. The number of aliphatic hydroxyl groups excluding tert-OH is 2. The molecule has 2 aromatic rings. The third-order valence-electron chi connectivity index (χ3n) is 7.65. The van der Waals surface area contributed by atoms with Gasteiger partial charge in [0, 0.05) is 23.5 Å². The Balaban J connectivity index is 1.23. The monoisotopic (exact) mass is 561 g/mol. The number of aromatic nitrogens is 1. The molecule has 0 unspecified atom stereocenters. The van der Waals surface area contributed by atoms with Crippen LogP contribution in [-0.2, 0) is 19.0 Å². The summed E-state index contributed by atoms with van der Waals surface area (Å²) in [5.41, 5.74) is 1.33. The van der Waals surface area contributed by atoms with Crippen molar-refractivity contribution >= 4 is 22.8 Å². The second kappa shape index (κ2) is 16.7. The van der Waals surface area contributed by atoms with Gasteiger partial charge in [0.15, 0.2) is 6.29 Å². The van der Waals surface area contributed by atoms with Gasteiger partial charge in [0.1, 0.15) is 12.2 Å². The fraction of sp³-hybridized carbons (Fsp3) is 0.677. The molecule has 1 aliphatic rings. The number of carbonyl (C=O) groups is 2. The second-order valence-electron chi connectivity index (χ2n) is 11.2. The van der Waals surface area contributed by atoms with Gasteiger partial charge in [0.25, 0.3) is 0 Å². The van der Waals surface area contributed by atoms with E-state index in [4.69, 9.17) is 19.3 Å².